The van der Waals surface area contributed by atoms with Gasteiger partial charge in [-0.15, -0.1) is 0 Å². The molecule has 0 saturated carbocycles. The molecule has 31 heavy (non-hydrogen) atoms. The van der Waals surface area contributed by atoms with Gasteiger partial charge in [-0.05, 0) is 55.5 Å². The van der Waals surface area contributed by atoms with Crippen molar-refractivity contribution in [2.45, 2.75) is 13.0 Å². The highest BCUT2D eigenvalue weighted by atomic mass is 16.5. The van der Waals surface area contributed by atoms with Crippen molar-refractivity contribution >= 4 is 29.1 Å². The first-order valence-corrected chi connectivity index (χ1v) is 9.53. The molecular weight excluding hydrogens is 394 g/mol. The zero-order valence-corrected chi connectivity index (χ0v) is 16.5. The van der Waals surface area contributed by atoms with Crippen molar-refractivity contribution in [1.29, 1.82) is 5.26 Å². The Kier molecular flexibility index (Phi) is 5.21. The van der Waals surface area contributed by atoms with Crippen LogP contribution in [0.25, 0.3) is 0 Å². The van der Waals surface area contributed by atoms with Crippen LogP contribution in [0, 0.1) is 11.3 Å². The van der Waals surface area contributed by atoms with Crippen LogP contribution in [0.4, 0.5) is 11.4 Å². The summed E-state index contributed by atoms with van der Waals surface area (Å²) in [5.41, 5.74) is 1.91. The van der Waals surface area contributed by atoms with E-state index in [0.29, 0.717) is 33.8 Å². The average molecular weight is 411 g/mol. The van der Waals surface area contributed by atoms with Crippen LogP contribution in [0.3, 0.4) is 0 Å². The smallest absolute Gasteiger partial charge is 0.266 e. The molecule has 1 unspecified atom stereocenters. The summed E-state index contributed by atoms with van der Waals surface area (Å²) >= 11 is 0. The van der Waals surface area contributed by atoms with Crippen LogP contribution in [0.5, 0.6) is 5.75 Å². The molecule has 0 aliphatic carbocycles. The van der Waals surface area contributed by atoms with Gasteiger partial charge in [-0.1, -0.05) is 24.3 Å². The summed E-state index contributed by atoms with van der Waals surface area (Å²) in [6.45, 7) is 1.59. The third-order valence-electron chi connectivity index (χ3n) is 4.81. The molecule has 7 nitrogen and oxygen atoms in total. The maximum Gasteiger partial charge on any atom is 0.266 e. The van der Waals surface area contributed by atoms with E-state index >= 15 is 0 Å². The standard InChI is InChI=1S/C24H17N3O4/c1-15(31-19-9-4-6-16(12-19)14-25)22(28)26-17-7-5-8-18(13-17)27-23(29)20-10-2-3-11-21(20)24(27)30/h2-13,15H,1H3,(H,26,28). The van der Waals surface area contributed by atoms with E-state index in [1.165, 1.54) is 0 Å². The maximum atomic E-state index is 12.7. The SMILES string of the molecule is CC(Oc1cccc(C#N)c1)C(=O)Nc1cccc(N2C(=O)c3ccccc3C2=O)c1. The van der Waals surface area contributed by atoms with E-state index in [9.17, 15) is 14.4 Å². The number of amides is 3. The van der Waals surface area contributed by atoms with Crippen LogP contribution in [-0.4, -0.2) is 23.8 Å². The Hall–Kier alpha value is -4.44. The molecule has 0 spiro atoms. The van der Waals surface area contributed by atoms with Crippen LogP contribution in [0.15, 0.2) is 72.8 Å². The molecule has 7 heteroatoms. The number of fused-ring (bicyclic) bond motifs is 1. The first-order chi connectivity index (χ1) is 15.0. The van der Waals surface area contributed by atoms with E-state index in [2.05, 4.69) is 5.32 Å². The second-order valence-electron chi connectivity index (χ2n) is 6.93. The van der Waals surface area contributed by atoms with Gasteiger partial charge in [-0.2, -0.15) is 5.26 Å². The molecule has 3 aromatic carbocycles. The third-order valence-corrected chi connectivity index (χ3v) is 4.81. The van der Waals surface area contributed by atoms with Gasteiger partial charge in [0, 0.05) is 5.69 Å². The Labute approximate surface area is 178 Å². The minimum absolute atomic E-state index is 0.351. The number of ether oxygens (including phenoxy) is 1. The first-order valence-electron chi connectivity index (χ1n) is 9.53. The lowest BCUT2D eigenvalue weighted by Gasteiger charge is -2.17. The van der Waals surface area contributed by atoms with E-state index in [4.69, 9.17) is 10.00 Å². The predicted octanol–water partition coefficient (Wildman–Crippen LogP) is 3.76. The topological polar surface area (TPSA) is 99.5 Å². The molecule has 0 fully saturated rings. The Balaban J connectivity index is 1.49. The zero-order chi connectivity index (χ0) is 22.0. The fraction of sp³-hybridized carbons (Fsp3) is 0.0833. The van der Waals surface area contributed by atoms with Crippen molar-refractivity contribution in [3.05, 3.63) is 89.5 Å². The number of anilines is 2. The average Bonchev–Trinajstić information content (AvgIpc) is 3.04. The van der Waals surface area contributed by atoms with Crippen molar-refractivity contribution in [2.24, 2.45) is 0 Å². The summed E-state index contributed by atoms with van der Waals surface area (Å²) in [6, 6.07) is 21.7. The molecule has 1 heterocycles. The number of nitriles is 1. The quantitative estimate of drug-likeness (QED) is 0.645. The number of rotatable bonds is 5. The summed E-state index contributed by atoms with van der Waals surface area (Å²) in [6.07, 6.45) is -0.836. The minimum atomic E-state index is -0.836. The Morgan fingerprint density at radius 1 is 0.968 bits per heavy atom. The second-order valence-corrected chi connectivity index (χ2v) is 6.93. The molecule has 1 aliphatic rings. The number of imide groups is 1. The van der Waals surface area contributed by atoms with Gasteiger partial charge in [0.15, 0.2) is 6.10 Å². The van der Waals surface area contributed by atoms with Gasteiger partial charge in [0.2, 0.25) is 0 Å². The predicted molar refractivity (Wildman–Crippen MR) is 114 cm³/mol. The van der Waals surface area contributed by atoms with Crippen LogP contribution < -0.4 is 15.0 Å². The molecule has 4 rings (SSSR count). The summed E-state index contributed by atoms with van der Waals surface area (Å²) in [5, 5.41) is 11.7. The van der Waals surface area contributed by atoms with E-state index in [-0.39, 0.29) is 0 Å². The Bertz CT molecular complexity index is 1210. The minimum Gasteiger partial charge on any atom is -0.481 e. The highest BCUT2D eigenvalue weighted by Gasteiger charge is 2.36. The number of carbonyl (C=O) groups excluding carboxylic acids is 3. The number of carbonyl (C=O) groups is 3. The van der Waals surface area contributed by atoms with Gasteiger partial charge in [-0.25, -0.2) is 4.90 Å². The lowest BCUT2D eigenvalue weighted by atomic mass is 10.1. The van der Waals surface area contributed by atoms with Crippen molar-refractivity contribution in [2.75, 3.05) is 10.2 Å². The van der Waals surface area contributed by atoms with Gasteiger partial charge in [0.05, 0.1) is 28.4 Å². The fourth-order valence-electron chi connectivity index (χ4n) is 3.29. The number of nitrogens with one attached hydrogen (secondary N) is 1. The van der Waals surface area contributed by atoms with Crippen molar-refractivity contribution in [3.8, 4) is 11.8 Å². The monoisotopic (exact) mass is 411 g/mol. The van der Waals surface area contributed by atoms with Crippen LogP contribution in [-0.2, 0) is 4.79 Å². The molecule has 0 saturated heterocycles. The van der Waals surface area contributed by atoms with E-state index in [1.54, 1.807) is 79.7 Å². The van der Waals surface area contributed by atoms with Crippen LogP contribution >= 0.6 is 0 Å². The normalized spacial score (nSPS) is 13.4. The second kappa shape index (κ2) is 8.13. The van der Waals surface area contributed by atoms with Crippen molar-refractivity contribution in [1.82, 2.24) is 0 Å². The summed E-state index contributed by atoms with van der Waals surface area (Å²) in [4.78, 5) is 39.0. The molecule has 1 atom stereocenters. The van der Waals surface area contributed by atoms with E-state index in [1.807, 2.05) is 6.07 Å². The number of hydrogen-bond donors (Lipinski definition) is 1. The van der Waals surface area contributed by atoms with Gasteiger partial charge in [0.25, 0.3) is 17.7 Å². The van der Waals surface area contributed by atoms with E-state index < -0.39 is 23.8 Å². The number of hydrogen-bond acceptors (Lipinski definition) is 5. The maximum absolute atomic E-state index is 12.7. The van der Waals surface area contributed by atoms with Gasteiger partial charge in [-0.3, -0.25) is 14.4 Å². The van der Waals surface area contributed by atoms with Crippen LogP contribution in [0.1, 0.15) is 33.2 Å². The molecule has 1 N–H and O–H groups in total. The molecule has 1 aliphatic heterocycles. The number of nitrogens with zero attached hydrogens (tertiary/aromatic N) is 2. The molecule has 3 aromatic rings. The molecule has 0 radical (unpaired) electrons. The molecular formula is C24H17N3O4. The summed E-state index contributed by atoms with van der Waals surface area (Å²) in [7, 11) is 0. The van der Waals surface area contributed by atoms with Gasteiger partial charge < -0.3 is 10.1 Å². The van der Waals surface area contributed by atoms with Crippen molar-refractivity contribution < 1.29 is 19.1 Å². The summed E-state index contributed by atoms with van der Waals surface area (Å²) in [5.74, 6) is -0.820. The van der Waals surface area contributed by atoms with E-state index in [0.717, 1.165) is 4.90 Å². The Morgan fingerprint density at radius 2 is 1.65 bits per heavy atom. The molecule has 0 aromatic heterocycles. The third kappa shape index (κ3) is 3.87. The highest BCUT2D eigenvalue weighted by molar-refractivity contribution is 6.34. The molecule has 152 valence electrons. The zero-order valence-electron chi connectivity index (χ0n) is 16.5. The van der Waals surface area contributed by atoms with Crippen molar-refractivity contribution in [3.63, 3.8) is 0 Å². The lowest BCUT2D eigenvalue weighted by molar-refractivity contribution is -0.122. The lowest BCUT2D eigenvalue weighted by Crippen LogP contribution is -2.31. The van der Waals surface area contributed by atoms with Crippen LogP contribution in [0.2, 0.25) is 0 Å². The largest absolute Gasteiger partial charge is 0.481 e. The number of benzene rings is 3. The molecule has 3 amide bonds. The summed E-state index contributed by atoms with van der Waals surface area (Å²) < 4.78 is 5.62. The van der Waals surface area contributed by atoms with Gasteiger partial charge >= 0.3 is 0 Å². The van der Waals surface area contributed by atoms with Gasteiger partial charge in [0.1, 0.15) is 5.75 Å². The fourth-order valence-corrected chi connectivity index (χ4v) is 3.29. The Morgan fingerprint density at radius 3 is 2.32 bits per heavy atom. The first kappa shape index (κ1) is 19.9. The molecule has 0 bridgehead atoms. The highest BCUT2D eigenvalue weighted by Crippen LogP contribution is 2.29.